The molecule has 2 N–H and O–H groups in total. The number of thioether (sulfide) groups is 2. The van der Waals surface area contributed by atoms with Gasteiger partial charge in [-0.3, -0.25) is 0 Å². The predicted octanol–water partition coefficient (Wildman–Crippen LogP) is 2.94. The van der Waals surface area contributed by atoms with Crippen molar-refractivity contribution in [2.75, 3.05) is 11.5 Å². The maximum Gasteiger partial charge on any atom is 0.336 e. The fraction of sp³-hybridized carbons (Fsp3) is 0.417. The zero-order valence-electron chi connectivity index (χ0n) is 9.63. The number of aliphatic hydroxyl groups excluding tert-OH is 1. The third kappa shape index (κ3) is 5.02. The summed E-state index contributed by atoms with van der Waals surface area (Å²) in [5.41, 5.74) is -0.0281. The SMILES string of the molecule is CCSC(O)CCSc1ccccc1C(=O)O. The molecule has 0 saturated carbocycles. The first-order valence-electron chi connectivity index (χ1n) is 5.40. The van der Waals surface area contributed by atoms with Gasteiger partial charge in [-0.15, -0.1) is 23.5 Å². The molecule has 1 aromatic carbocycles. The summed E-state index contributed by atoms with van der Waals surface area (Å²) in [7, 11) is 0. The Bertz CT molecular complexity index is 369. The van der Waals surface area contributed by atoms with E-state index in [1.165, 1.54) is 23.5 Å². The van der Waals surface area contributed by atoms with Gasteiger partial charge in [0.1, 0.15) is 5.44 Å². The van der Waals surface area contributed by atoms with Crippen LogP contribution in [0.5, 0.6) is 0 Å². The van der Waals surface area contributed by atoms with Crippen molar-refractivity contribution in [2.24, 2.45) is 0 Å². The van der Waals surface area contributed by atoms with Crippen molar-refractivity contribution in [1.82, 2.24) is 0 Å². The van der Waals surface area contributed by atoms with Crippen molar-refractivity contribution in [1.29, 1.82) is 0 Å². The molecule has 0 fully saturated rings. The third-order valence-electron chi connectivity index (χ3n) is 2.10. The van der Waals surface area contributed by atoms with Gasteiger partial charge in [-0.05, 0) is 24.3 Å². The molecule has 0 aliphatic carbocycles. The van der Waals surface area contributed by atoms with E-state index in [1.54, 1.807) is 18.2 Å². The molecule has 0 amide bonds. The van der Waals surface area contributed by atoms with E-state index in [0.29, 0.717) is 12.0 Å². The number of hydrogen-bond acceptors (Lipinski definition) is 4. The molecule has 94 valence electrons. The molecular weight excluding hydrogens is 256 g/mol. The predicted molar refractivity (Wildman–Crippen MR) is 72.9 cm³/mol. The van der Waals surface area contributed by atoms with E-state index >= 15 is 0 Å². The van der Waals surface area contributed by atoms with Gasteiger partial charge in [-0.25, -0.2) is 4.79 Å². The molecule has 5 heteroatoms. The molecule has 0 saturated heterocycles. The monoisotopic (exact) mass is 272 g/mol. The lowest BCUT2D eigenvalue weighted by Crippen LogP contribution is -2.03. The summed E-state index contributed by atoms with van der Waals surface area (Å²) < 4.78 is 0. The molecule has 0 aliphatic heterocycles. The van der Waals surface area contributed by atoms with E-state index in [4.69, 9.17) is 5.11 Å². The number of hydrogen-bond donors (Lipinski definition) is 2. The maximum absolute atomic E-state index is 11.0. The van der Waals surface area contributed by atoms with Gasteiger partial charge < -0.3 is 10.2 Å². The van der Waals surface area contributed by atoms with E-state index in [1.807, 2.05) is 13.0 Å². The second-order valence-electron chi connectivity index (χ2n) is 3.35. The summed E-state index contributed by atoms with van der Waals surface area (Å²) >= 11 is 2.98. The molecule has 1 atom stereocenters. The Kier molecular flexibility index (Phi) is 6.47. The lowest BCUT2D eigenvalue weighted by Gasteiger charge is -2.09. The summed E-state index contributed by atoms with van der Waals surface area (Å²) in [6.07, 6.45) is 0.664. The summed E-state index contributed by atoms with van der Waals surface area (Å²) in [4.78, 5) is 11.7. The molecule has 0 radical (unpaired) electrons. The van der Waals surface area contributed by atoms with Crippen LogP contribution in [0, 0.1) is 0 Å². The molecule has 0 bridgehead atoms. The van der Waals surface area contributed by atoms with Crippen molar-refractivity contribution >= 4 is 29.5 Å². The molecule has 1 unspecified atom stereocenters. The van der Waals surface area contributed by atoms with Crippen LogP contribution in [-0.4, -0.2) is 33.1 Å². The van der Waals surface area contributed by atoms with Crippen molar-refractivity contribution < 1.29 is 15.0 Å². The fourth-order valence-corrected chi connectivity index (χ4v) is 3.18. The molecule has 0 heterocycles. The van der Waals surface area contributed by atoms with Crippen LogP contribution in [0.4, 0.5) is 0 Å². The van der Waals surface area contributed by atoms with Gasteiger partial charge in [-0.2, -0.15) is 0 Å². The molecule has 0 spiro atoms. The number of carboxylic acid groups (broad SMARTS) is 1. The standard InChI is InChI=1S/C12H16O3S2/c1-2-16-11(13)7-8-17-10-6-4-3-5-9(10)12(14)15/h3-6,11,13H,2,7-8H2,1H3,(H,14,15). The normalized spacial score (nSPS) is 12.4. The Labute approximate surface area is 110 Å². The van der Waals surface area contributed by atoms with Gasteiger partial charge in [0, 0.05) is 10.6 Å². The van der Waals surface area contributed by atoms with Gasteiger partial charge in [0.2, 0.25) is 0 Å². The molecule has 1 rings (SSSR count). The zero-order chi connectivity index (χ0) is 12.7. The summed E-state index contributed by atoms with van der Waals surface area (Å²) in [5.74, 6) is 0.701. The number of carbonyl (C=O) groups is 1. The maximum atomic E-state index is 11.0. The van der Waals surface area contributed by atoms with E-state index < -0.39 is 5.97 Å². The fourth-order valence-electron chi connectivity index (χ4n) is 1.31. The van der Waals surface area contributed by atoms with Crippen LogP contribution in [0.1, 0.15) is 23.7 Å². The van der Waals surface area contributed by atoms with Crippen molar-refractivity contribution in [3.05, 3.63) is 29.8 Å². The number of aliphatic hydroxyl groups is 1. The number of rotatable bonds is 7. The molecule has 0 aliphatic rings. The Balaban J connectivity index is 2.49. The average molecular weight is 272 g/mol. The highest BCUT2D eigenvalue weighted by Gasteiger charge is 2.10. The summed E-state index contributed by atoms with van der Waals surface area (Å²) in [6, 6.07) is 6.94. The third-order valence-corrected chi connectivity index (χ3v) is 4.16. The van der Waals surface area contributed by atoms with E-state index in [2.05, 4.69) is 0 Å². The van der Waals surface area contributed by atoms with Gasteiger partial charge in [0.15, 0.2) is 0 Å². The average Bonchev–Trinajstić information content (AvgIpc) is 2.30. The van der Waals surface area contributed by atoms with Crippen LogP contribution in [0.2, 0.25) is 0 Å². The Morgan fingerprint density at radius 2 is 2.12 bits per heavy atom. The minimum absolute atomic E-state index is 0.329. The number of aromatic carboxylic acids is 1. The van der Waals surface area contributed by atoms with Crippen LogP contribution >= 0.6 is 23.5 Å². The second kappa shape index (κ2) is 7.63. The van der Waals surface area contributed by atoms with Crippen LogP contribution in [0.3, 0.4) is 0 Å². The smallest absolute Gasteiger partial charge is 0.336 e. The Morgan fingerprint density at radius 3 is 2.76 bits per heavy atom. The van der Waals surface area contributed by atoms with Gasteiger partial charge in [0.25, 0.3) is 0 Å². The van der Waals surface area contributed by atoms with Crippen LogP contribution < -0.4 is 0 Å². The van der Waals surface area contributed by atoms with Crippen molar-refractivity contribution in [3.8, 4) is 0 Å². The molecule has 0 aromatic heterocycles. The largest absolute Gasteiger partial charge is 0.478 e. The first-order valence-corrected chi connectivity index (χ1v) is 7.43. The van der Waals surface area contributed by atoms with E-state index in [0.717, 1.165) is 16.4 Å². The van der Waals surface area contributed by atoms with Crippen LogP contribution in [0.15, 0.2) is 29.2 Å². The zero-order valence-corrected chi connectivity index (χ0v) is 11.3. The summed E-state index contributed by atoms with van der Waals surface area (Å²) in [6.45, 7) is 2.00. The highest BCUT2D eigenvalue weighted by Crippen LogP contribution is 2.25. The molecule has 3 nitrogen and oxygen atoms in total. The highest BCUT2D eigenvalue weighted by molar-refractivity contribution is 8.00. The summed E-state index contributed by atoms with van der Waals surface area (Å²) in [5, 5.41) is 18.5. The minimum atomic E-state index is -0.906. The highest BCUT2D eigenvalue weighted by atomic mass is 32.2. The second-order valence-corrected chi connectivity index (χ2v) is 5.94. The quantitative estimate of drug-likeness (QED) is 0.590. The first kappa shape index (κ1) is 14.4. The Hall–Kier alpha value is -0.650. The van der Waals surface area contributed by atoms with Crippen LogP contribution in [-0.2, 0) is 0 Å². The lowest BCUT2D eigenvalue weighted by molar-refractivity contribution is 0.0693. The van der Waals surface area contributed by atoms with Crippen molar-refractivity contribution in [3.63, 3.8) is 0 Å². The van der Waals surface area contributed by atoms with Gasteiger partial charge in [-0.1, -0.05) is 19.1 Å². The first-order chi connectivity index (χ1) is 8.15. The van der Waals surface area contributed by atoms with Gasteiger partial charge >= 0.3 is 5.97 Å². The topological polar surface area (TPSA) is 57.5 Å². The van der Waals surface area contributed by atoms with Crippen molar-refractivity contribution in [2.45, 2.75) is 23.7 Å². The molecular formula is C12H16O3S2. The number of carboxylic acids is 1. The number of benzene rings is 1. The van der Waals surface area contributed by atoms with Crippen LogP contribution in [0.25, 0.3) is 0 Å². The molecule has 17 heavy (non-hydrogen) atoms. The van der Waals surface area contributed by atoms with E-state index in [-0.39, 0.29) is 5.44 Å². The van der Waals surface area contributed by atoms with Gasteiger partial charge in [0.05, 0.1) is 5.56 Å². The van der Waals surface area contributed by atoms with E-state index in [9.17, 15) is 9.90 Å². The Morgan fingerprint density at radius 1 is 1.41 bits per heavy atom. The minimum Gasteiger partial charge on any atom is -0.478 e. The molecule has 1 aromatic rings. The lowest BCUT2D eigenvalue weighted by atomic mass is 10.2.